The van der Waals surface area contributed by atoms with Gasteiger partial charge < -0.3 is 9.13 Å². The molecule has 10 rings (SSSR count). The fourth-order valence-electron chi connectivity index (χ4n) is 8.90. The van der Waals surface area contributed by atoms with Gasteiger partial charge in [-0.05, 0) is 106 Å². The van der Waals surface area contributed by atoms with Crippen LogP contribution in [0.1, 0.15) is 22.3 Å². The Hall–Kier alpha value is -9.40. The second-order valence-electron chi connectivity index (χ2n) is 15.1. The number of fused-ring (bicyclic) bond motifs is 6. The second-order valence-corrected chi connectivity index (χ2v) is 15.1. The third-order valence-corrected chi connectivity index (χ3v) is 11.7. The van der Waals surface area contributed by atoms with Crippen LogP contribution in [0, 0.1) is 47.1 Å². The van der Waals surface area contributed by atoms with Crippen LogP contribution >= 0.6 is 0 Å². The quantitative estimate of drug-likeness (QED) is 0.162. The third kappa shape index (κ3) is 6.09. The molecule has 298 valence electrons. The van der Waals surface area contributed by atoms with Crippen LogP contribution in [0.3, 0.4) is 0 Å². The van der Waals surface area contributed by atoms with Crippen LogP contribution in [0.4, 0.5) is 24.5 Å². The molecule has 0 bridgehead atoms. The van der Waals surface area contributed by atoms with E-state index < -0.39 is 11.7 Å². The molecule has 0 saturated carbocycles. The second kappa shape index (κ2) is 14.9. The van der Waals surface area contributed by atoms with Gasteiger partial charge in [0.05, 0.1) is 64.3 Å². The van der Waals surface area contributed by atoms with Crippen molar-refractivity contribution in [1.29, 1.82) is 15.8 Å². The molecular formula is C54H26F3N7. The normalized spacial score (nSPS) is 11.3. The molecule has 10 heteroatoms. The zero-order chi connectivity index (χ0) is 44.3. The maximum atomic E-state index is 14.9. The number of hydrogen-bond acceptors (Lipinski definition) is 3. The fourth-order valence-corrected chi connectivity index (χ4v) is 8.90. The van der Waals surface area contributed by atoms with Gasteiger partial charge >= 0.3 is 6.18 Å². The molecule has 0 N–H and O–H groups in total. The predicted octanol–water partition coefficient (Wildman–Crippen LogP) is 14.6. The molecule has 7 nitrogen and oxygen atoms in total. The van der Waals surface area contributed by atoms with Crippen LogP contribution < -0.4 is 0 Å². The van der Waals surface area contributed by atoms with E-state index in [4.69, 9.17) is 13.1 Å². The lowest BCUT2D eigenvalue weighted by Gasteiger charge is -2.20. The molecule has 0 fully saturated rings. The van der Waals surface area contributed by atoms with Gasteiger partial charge in [-0.2, -0.15) is 29.0 Å². The van der Waals surface area contributed by atoms with Crippen molar-refractivity contribution in [1.82, 2.24) is 9.13 Å². The van der Waals surface area contributed by atoms with Crippen LogP contribution in [-0.2, 0) is 6.18 Å². The molecule has 0 unspecified atom stereocenters. The summed E-state index contributed by atoms with van der Waals surface area (Å²) in [6.45, 7) is 15.3. The Kier molecular flexibility index (Phi) is 9.06. The van der Waals surface area contributed by atoms with E-state index in [0.29, 0.717) is 67.1 Å². The number of benzene rings is 8. The molecule has 0 aliphatic heterocycles. The highest BCUT2D eigenvalue weighted by molar-refractivity contribution is 6.13. The summed E-state index contributed by atoms with van der Waals surface area (Å²) in [5.74, 6) is 0. The van der Waals surface area contributed by atoms with Gasteiger partial charge in [0.1, 0.15) is 11.6 Å². The monoisotopic (exact) mass is 829 g/mol. The summed E-state index contributed by atoms with van der Waals surface area (Å²) >= 11 is 0. The first kappa shape index (κ1) is 38.8. The van der Waals surface area contributed by atoms with Gasteiger partial charge in [-0.3, -0.25) is 0 Å². The Balaban J connectivity index is 1.30. The van der Waals surface area contributed by atoms with Crippen LogP contribution in [0.5, 0.6) is 0 Å². The average Bonchev–Trinajstić information content (AvgIpc) is 3.84. The van der Waals surface area contributed by atoms with Gasteiger partial charge in [0.2, 0.25) is 0 Å². The minimum atomic E-state index is -4.69. The Morgan fingerprint density at radius 3 is 1.59 bits per heavy atom. The Labute approximate surface area is 363 Å². The van der Waals surface area contributed by atoms with Gasteiger partial charge in [-0.15, -0.1) is 0 Å². The smallest absolute Gasteiger partial charge is 0.308 e. The molecule has 0 amide bonds. The molecule has 64 heavy (non-hydrogen) atoms. The summed E-state index contributed by atoms with van der Waals surface area (Å²) < 4.78 is 48.5. The number of para-hydroxylation sites is 2. The SMILES string of the molecule is [C-]#[N+]c1ccc(-c2ccc3c(c2)c2ccccc2n3-c2cc(-c3ccccc3C(F)(F)F)cc(-n3c4ccccc4c4cc(-c5ccc(C#N)cc5[N+]#[C-])ccc43)c2C#N)c(C#N)c1. The van der Waals surface area contributed by atoms with Crippen molar-refractivity contribution in [2.24, 2.45) is 0 Å². The zero-order valence-electron chi connectivity index (χ0n) is 33.3. The van der Waals surface area contributed by atoms with E-state index >= 15 is 0 Å². The lowest BCUT2D eigenvalue weighted by Crippen LogP contribution is -2.09. The molecule has 0 aliphatic rings. The average molecular weight is 830 g/mol. The van der Waals surface area contributed by atoms with E-state index in [-0.39, 0.29) is 16.7 Å². The van der Waals surface area contributed by atoms with Crippen molar-refractivity contribution < 1.29 is 13.2 Å². The van der Waals surface area contributed by atoms with Gasteiger partial charge in [0, 0.05) is 32.7 Å². The minimum absolute atomic E-state index is 0.0625. The lowest BCUT2D eigenvalue weighted by molar-refractivity contribution is -0.137. The first-order valence-corrected chi connectivity index (χ1v) is 19.8. The molecule has 2 heterocycles. The first-order valence-electron chi connectivity index (χ1n) is 19.8. The summed E-state index contributed by atoms with van der Waals surface area (Å²) in [5.41, 5.74) is 7.11. The number of nitriles is 3. The molecule has 10 aromatic rings. The van der Waals surface area contributed by atoms with Gasteiger partial charge in [0.15, 0.2) is 11.4 Å². The van der Waals surface area contributed by atoms with E-state index in [1.807, 2.05) is 94.1 Å². The van der Waals surface area contributed by atoms with E-state index in [1.54, 1.807) is 54.6 Å². The van der Waals surface area contributed by atoms with Crippen molar-refractivity contribution in [2.75, 3.05) is 0 Å². The highest BCUT2D eigenvalue weighted by atomic mass is 19.4. The van der Waals surface area contributed by atoms with Crippen molar-refractivity contribution >= 4 is 55.0 Å². The Bertz CT molecular complexity index is 3640. The molecule has 0 saturated heterocycles. The van der Waals surface area contributed by atoms with Crippen LogP contribution in [0.2, 0.25) is 0 Å². The highest BCUT2D eigenvalue weighted by Gasteiger charge is 2.34. The maximum Gasteiger partial charge on any atom is 0.417 e. The van der Waals surface area contributed by atoms with Crippen LogP contribution in [0.15, 0.2) is 158 Å². The van der Waals surface area contributed by atoms with Crippen molar-refractivity contribution in [3.8, 4) is 63.0 Å². The van der Waals surface area contributed by atoms with Gasteiger partial charge in [-0.25, -0.2) is 9.69 Å². The van der Waals surface area contributed by atoms with Gasteiger partial charge in [0.25, 0.3) is 0 Å². The molecule has 0 atom stereocenters. The molecule has 0 radical (unpaired) electrons. The summed E-state index contributed by atoms with van der Waals surface area (Å²) in [4.78, 5) is 7.18. The Morgan fingerprint density at radius 1 is 0.469 bits per heavy atom. The number of halogens is 3. The molecule has 2 aromatic heterocycles. The number of aromatic nitrogens is 2. The van der Waals surface area contributed by atoms with E-state index in [0.717, 1.165) is 38.7 Å². The van der Waals surface area contributed by atoms with E-state index in [1.165, 1.54) is 12.1 Å². The topological polar surface area (TPSA) is 89.9 Å². The first-order chi connectivity index (χ1) is 31.1. The van der Waals surface area contributed by atoms with Crippen LogP contribution in [-0.4, -0.2) is 9.13 Å². The van der Waals surface area contributed by atoms with Crippen molar-refractivity contribution in [3.63, 3.8) is 0 Å². The van der Waals surface area contributed by atoms with Crippen molar-refractivity contribution in [3.05, 3.63) is 203 Å². The molecule has 8 aromatic carbocycles. The zero-order valence-corrected chi connectivity index (χ0v) is 33.3. The lowest BCUT2D eigenvalue weighted by atomic mass is 9.95. The summed E-state index contributed by atoms with van der Waals surface area (Å²) in [6, 6.07) is 52.0. The maximum absolute atomic E-state index is 14.9. The van der Waals surface area contributed by atoms with E-state index in [2.05, 4.69) is 27.9 Å². The fraction of sp³-hybridized carbons (Fsp3) is 0.0185. The number of nitrogens with zero attached hydrogens (tertiary/aromatic N) is 7. The third-order valence-electron chi connectivity index (χ3n) is 11.7. The highest BCUT2D eigenvalue weighted by Crippen LogP contribution is 2.45. The largest absolute Gasteiger partial charge is 0.417 e. The molecule has 0 aliphatic carbocycles. The number of alkyl halides is 3. The van der Waals surface area contributed by atoms with Crippen molar-refractivity contribution in [2.45, 2.75) is 6.18 Å². The summed E-state index contributed by atoms with van der Waals surface area (Å²) in [7, 11) is 0. The number of rotatable bonds is 5. The predicted molar refractivity (Wildman–Crippen MR) is 243 cm³/mol. The molecular weight excluding hydrogens is 804 g/mol. The van der Waals surface area contributed by atoms with E-state index in [9.17, 15) is 29.0 Å². The van der Waals surface area contributed by atoms with Gasteiger partial charge in [-0.1, -0.05) is 84.9 Å². The Morgan fingerprint density at radius 2 is 1.03 bits per heavy atom. The number of hydrogen-bond donors (Lipinski definition) is 0. The minimum Gasteiger partial charge on any atom is -0.308 e. The standard InChI is InChI=1S/C54H26F3N7/c1-61-37-18-20-38(36(24-37)30-59)33-16-21-50-43(25-33)41-10-4-7-13-48(41)63(50)52-27-35(39-9-3-6-12-46(39)54(55,56)57)28-53(45(52)31-60)64-49-14-8-5-11-42(49)44-26-34(17-22-51(44)64)40-19-15-32(29-58)23-47(40)62-2/h3-28H. The van der Waals surface area contributed by atoms with Crippen LogP contribution in [0.25, 0.3) is 98.1 Å². The summed E-state index contributed by atoms with van der Waals surface area (Å²) in [6.07, 6.45) is -4.69. The molecule has 0 spiro atoms. The summed E-state index contributed by atoms with van der Waals surface area (Å²) in [5, 5.41) is 34.1.